The van der Waals surface area contributed by atoms with E-state index in [9.17, 15) is 5.11 Å². The fraction of sp³-hybridized carbons (Fsp3) is 0.636. The highest BCUT2D eigenvalue weighted by Gasteiger charge is 2.34. The Morgan fingerprint density at radius 1 is 1.20 bits per heavy atom. The van der Waals surface area contributed by atoms with Gasteiger partial charge in [-0.05, 0) is 27.7 Å². The van der Waals surface area contributed by atoms with Crippen LogP contribution in [-0.2, 0) is 6.54 Å². The Balaban J connectivity index is 2.58. The Hall–Kier alpha value is -1.00. The summed E-state index contributed by atoms with van der Waals surface area (Å²) in [5.74, 6) is 0. The van der Waals surface area contributed by atoms with Gasteiger partial charge in [-0.25, -0.2) is 9.97 Å². The highest BCUT2D eigenvalue weighted by atomic mass is 16.3. The van der Waals surface area contributed by atoms with Gasteiger partial charge in [0.2, 0.25) is 0 Å². The summed E-state index contributed by atoms with van der Waals surface area (Å²) in [6.07, 6.45) is 5.03. The molecule has 0 spiro atoms. The summed E-state index contributed by atoms with van der Waals surface area (Å²) in [5, 5.41) is 13.2. The van der Waals surface area contributed by atoms with E-state index < -0.39 is 5.60 Å². The zero-order valence-corrected chi connectivity index (χ0v) is 9.78. The van der Waals surface area contributed by atoms with Gasteiger partial charge in [-0.1, -0.05) is 0 Å². The van der Waals surface area contributed by atoms with Crippen molar-refractivity contribution in [2.75, 3.05) is 0 Å². The van der Waals surface area contributed by atoms with E-state index in [1.807, 2.05) is 13.8 Å². The van der Waals surface area contributed by atoms with E-state index in [1.54, 1.807) is 26.2 Å². The van der Waals surface area contributed by atoms with Crippen molar-refractivity contribution in [2.45, 2.75) is 45.4 Å². The van der Waals surface area contributed by atoms with Crippen LogP contribution in [0.2, 0.25) is 0 Å². The molecule has 0 aliphatic carbocycles. The van der Waals surface area contributed by atoms with E-state index in [0.29, 0.717) is 6.54 Å². The summed E-state index contributed by atoms with van der Waals surface area (Å²) in [4.78, 5) is 7.87. The first-order chi connectivity index (χ1) is 6.83. The molecule has 0 aliphatic rings. The SMILES string of the molecule is CC(C)(O)C(C)(C)NCc1cncnc1. The van der Waals surface area contributed by atoms with Crippen molar-refractivity contribution < 1.29 is 5.11 Å². The van der Waals surface area contributed by atoms with Crippen LogP contribution in [0.15, 0.2) is 18.7 Å². The average molecular weight is 209 g/mol. The van der Waals surface area contributed by atoms with Crippen LogP contribution >= 0.6 is 0 Å². The molecule has 0 saturated heterocycles. The van der Waals surface area contributed by atoms with Crippen molar-refractivity contribution in [2.24, 2.45) is 0 Å². The number of hydrogen-bond acceptors (Lipinski definition) is 4. The van der Waals surface area contributed by atoms with Crippen LogP contribution in [0, 0.1) is 0 Å². The smallest absolute Gasteiger partial charge is 0.115 e. The Bertz CT molecular complexity index is 303. The number of nitrogens with zero attached hydrogens (tertiary/aromatic N) is 2. The first-order valence-electron chi connectivity index (χ1n) is 5.04. The molecule has 15 heavy (non-hydrogen) atoms. The van der Waals surface area contributed by atoms with Crippen LogP contribution in [0.1, 0.15) is 33.3 Å². The summed E-state index contributed by atoms with van der Waals surface area (Å²) in [6, 6.07) is 0. The van der Waals surface area contributed by atoms with Crippen LogP contribution in [0.3, 0.4) is 0 Å². The standard InChI is InChI=1S/C11H19N3O/c1-10(2,11(3,4)15)14-7-9-5-12-8-13-6-9/h5-6,8,14-15H,7H2,1-4H3. The van der Waals surface area contributed by atoms with Crippen molar-refractivity contribution in [3.05, 3.63) is 24.3 Å². The Labute approximate surface area is 90.8 Å². The molecule has 0 fully saturated rings. The van der Waals surface area contributed by atoms with Gasteiger partial charge in [-0.3, -0.25) is 0 Å². The van der Waals surface area contributed by atoms with Crippen LogP contribution in [0.5, 0.6) is 0 Å². The molecule has 84 valence electrons. The summed E-state index contributed by atoms with van der Waals surface area (Å²) in [5.41, 5.74) is -0.124. The first kappa shape index (κ1) is 12.1. The van der Waals surface area contributed by atoms with E-state index in [1.165, 1.54) is 6.33 Å². The highest BCUT2D eigenvalue weighted by molar-refractivity contribution is 5.04. The number of aromatic nitrogens is 2. The third-order valence-corrected chi connectivity index (χ3v) is 2.88. The lowest BCUT2D eigenvalue weighted by atomic mass is 9.86. The minimum atomic E-state index is -0.775. The van der Waals surface area contributed by atoms with Crippen LogP contribution in [-0.4, -0.2) is 26.2 Å². The predicted molar refractivity (Wildman–Crippen MR) is 59.2 cm³/mol. The molecule has 0 bridgehead atoms. The van der Waals surface area contributed by atoms with E-state index in [-0.39, 0.29) is 5.54 Å². The maximum atomic E-state index is 9.93. The van der Waals surface area contributed by atoms with Gasteiger partial charge in [-0.15, -0.1) is 0 Å². The largest absolute Gasteiger partial charge is 0.389 e. The first-order valence-corrected chi connectivity index (χ1v) is 5.04. The average Bonchev–Trinajstić information content (AvgIpc) is 2.15. The highest BCUT2D eigenvalue weighted by Crippen LogP contribution is 2.20. The lowest BCUT2D eigenvalue weighted by molar-refractivity contribution is -0.00534. The molecule has 1 aromatic rings. The second-order valence-electron chi connectivity index (χ2n) is 4.78. The lowest BCUT2D eigenvalue weighted by Crippen LogP contribution is -2.55. The van der Waals surface area contributed by atoms with Gasteiger partial charge in [0, 0.05) is 30.0 Å². The number of rotatable bonds is 4. The third kappa shape index (κ3) is 3.25. The van der Waals surface area contributed by atoms with Crippen LogP contribution in [0.25, 0.3) is 0 Å². The maximum Gasteiger partial charge on any atom is 0.115 e. The van der Waals surface area contributed by atoms with Crippen LogP contribution in [0.4, 0.5) is 0 Å². The summed E-state index contributed by atoms with van der Waals surface area (Å²) in [7, 11) is 0. The molecule has 1 heterocycles. The normalized spacial score (nSPS) is 12.9. The third-order valence-electron chi connectivity index (χ3n) is 2.88. The van der Waals surface area contributed by atoms with Gasteiger partial charge < -0.3 is 10.4 Å². The fourth-order valence-corrected chi connectivity index (χ4v) is 0.961. The van der Waals surface area contributed by atoms with E-state index in [0.717, 1.165) is 5.56 Å². The zero-order chi connectivity index (χ0) is 11.5. The predicted octanol–water partition coefficient (Wildman–Crippen LogP) is 1.12. The monoisotopic (exact) mass is 209 g/mol. The van der Waals surface area contributed by atoms with Crippen molar-refractivity contribution in [1.29, 1.82) is 0 Å². The molecule has 2 N–H and O–H groups in total. The zero-order valence-electron chi connectivity index (χ0n) is 9.78. The Morgan fingerprint density at radius 3 is 2.20 bits per heavy atom. The minimum absolute atomic E-state index is 0.358. The van der Waals surface area contributed by atoms with E-state index in [4.69, 9.17) is 0 Å². The second kappa shape index (κ2) is 4.24. The summed E-state index contributed by atoms with van der Waals surface area (Å²) < 4.78 is 0. The molecule has 4 nitrogen and oxygen atoms in total. The lowest BCUT2D eigenvalue weighted by Gasteiger charge is -2.38. The summed E-state index contributed by atoms with van der Waals surface area (Å²) >= 11 is 0. The molecule has 1 rings (SSSR count). The maximum absolute atomic E-state index is 9.93. The Morgan fingerprint density at radius 2 is 1.73 bits per heavy atom. The number of aliphatic hydroxyl groups is 1. The van der Waals surface area contributed by atoms with Gasteiger partial charge >= 0.3 is 0 Å². The molecule has 1 aromatic heterocycles. The topological polar surface area (TPSA) is 58.0 Å². The molecule has 0 amide bonds. The molecule has 0 radical (unpaired) electrons. The number of nitrogens with one attached hydrogen (secondary N) is 1. The summed E-state index contributed by atoms with van der Waals surface area (Å²) in [6.45, 7) is 8.18. The second-order valence-corrected chi connectivity index (χ2v) is 4.78. The molecule has 0 aliphatic heterocycles. The molecule has 0 saturated carbocycles. The van der Waals surface area contributed by atoms with E-state index >= 15 is 0 Å². The van der Waals surface area contributed by atoms with Gasteiger partial charge in [0.05, 0.1) is 5.60 Å². The van der Waals surface area contributed by atoms with E-state index in [2.05, 4.69) is 15.3 Å². The molecule has 0 unspecified atom stereocenters. The van der Waals surface area contributed by atoms with Crippen molar-refractivity contribution in [1.82, 2.24) is 15.3 Å². The van der Waals surface area contributed by atoms with Crippen molar-refractivity contribution in [3.63, 3.8) is 0 Å². The fourth-order valence-electron chi connectivity index (χ4n) is 0.961. The Kier molecular flexibility index (Phi) is 3.42. The van der Waals surface area contributed by atoms with Gasteiger partial charge in [0.1, 0.15) is 6.33 Å². The van der Waals surface area contributed by atoms with Gasteiger partial charge in [-0.2, -0.15) is 0 Å². The molecule has 0 atom stereocenters. The van der Waals surface area contributed by atoms with Gasteiger partial charge in [0.15, 0.2) is 0 Å². The van der Waals surface area contributed by atoms with Crippen molar-refractivity contribution in [3.8, 4) is 0 Å². The molecular formula is C11H19N3O. The molecule has 0 aromatic carbocycles. The van der Waals surface area contributed by atoms with Crippen LogP contribution < -0.4 is 5.32 Å². The quantitative estimate of drug-likeness (QED) is 0.780. The minimum Gasteiger partial charge on any atom is -0.389 e. The number of hydrogen-bond donors (Lipinski definition) is 2. The molecule has 4 heteroatoms. The van der Waals surface area contributed by atoms with Crippen molar-refractivity contribution >= 4 is 0 Å². The van der Waals surface area contributed by atoms with Gasteiger partial charge in [0.25, 0.3) is 0 Å². The molecular weight excluding hydrogens is 190 g/mol.